The highest BCUT2D eigenvalue weighted by Crippen LogP contribution is 2.25. The van der Waals surface area contributed by atoms with Crippen LogP contribution in [0.3, 0.4) is 0 Å². The van der Waals surface area contributed by atoms with Crippen LogP contribution < -0.4 is 9.47 Å². The minimum atomic E-state index is -0.767. The zero-order valence-electron chi connectivity index (χ0n) is 13.7. The highest BCUT2D eigenvalue weighted by Gasteiger charge is 2.16. The number of hydrogen-bond acceptors (Lipinski definition) is 5. The normalized spacial score (nSPS) is 11.3. The average Bonchev–Trinajstić information content (AvgIpc) is 2.56. The van der Waals surface area contributed by atoms with Gasteiger partial charge in [-0.15, -0.1) is 0 Å². The number of ether oxygens (including phenoxy) is 2. The zero-order chi connectivity index (χ0) is 17.5. The third-order valence-corrected chi connectivity index (χ3v) is 3.09. The van der Waals surface area contributed by atoms with E-state index in [1.165, 1.54) is 0 Å². The van der Waals surface area contributed by atoms with Crippen LogP contribution in [0.25, 0.3) is 0 Å². The van der Waals surface area contributed by atoms with Gasteiger partial charge in [-0.25, -0.2) is 4.79 Å². The summed E-state index contributed by atoms with van der Waals surface area (Å²) in [5.74, 6) is 1.29. The van der Waals surface area contributed by atoms with Gasteiger partial charge in [-0.3, -0.25) is 0 Å². The summed E-state index contributed by atoms with van der Waals surface area (Å²) in [4.78, 5) is 16.4. The lowest BCUT2D eigenvalue weighted by atomic mass is 10.3. The van der Waals surface area contributed by atoms with Crippen molar-refractivity contribution in [2.45, 2.75) is 26.9 Å². The Bertz CT molecular complexity index is 707. The number of rotatable bonds is 6. The molecule has 1 unspecified atom stereocenters. The molecular formula is C18H18ClNO4. The lowest BCUT2D eigenvalue weighted by molar-refractivity contribution is -0.151. The molecular weight excluding hydrogens is 330 g/mol. The van der Waals surface area contributed by atoms with E-state index < -0.39 is 12.1 Å². The van der Waals surface area contributed by atoms with E-state index >= 15 is 0 Å². The molecule has 2 aromatic carbocycles. The summed E-state index contributed by atoms with van der Waals surface area (Å²) in [6, 6.07) is 14.0. The Labute approximate surface area is 145 Å². The van der Waals surface area contributed by atoms with Crippen molar-refractivity contribution in [1.29, 1.82) is 0 Å². The van der Waals surface area contributed by atoms with Crippen molar-refractivity contribution in [2.24, 2.45) is 5.16 Å². The molecule has 0 aromatic heterocycles. The first-order valence-corrected chi connectivity index (χ1v) is 7.74. The van der Waals surface area contributed by atoms with E-state index in [0.717, 1.165) is 0 Å². The Morgan fingerprint density at radius 3 is 2.00 bits per heavy atom. The maximum Gasteiger partial charge on any atom is 0.374 e. The van der Waals surface area contributed by atoms with Crippen molar-refractivity contribution in [3.63, 3.8) is 0 Å². The molecule has 1 atom stereocenters. The molecule has 24 heavy (non-hydrogen) atoms. The number of nitrogens with zero attached hydrogens (tertiary/aromatic N) is 1. The first-order valence-electron chi connectivity index (χ1n) is 7.36. The van der Waals surface area contributed by atoms with Crippen molar-refractivity contribution in [1.82, 2.24) is 0 Å². The van der Waals surface area contributed by atoms with Gasteiger partial charge < -0.3 is 14.3 Å². The Morgan fingerprint density at radius 1 is 0.958 bits per heavy atom. The number of carbonyl (C=O) groups excluding carboxylic acids is 1. The smallest absolute Gasteiger partial charge is 0.374 e. The average molecular weight is 348 g/mol. The lowest BCUT2D eigenvalue weighted by Crippen LogP contribution is -2.24. The van der Waals surface area contributed by atoms with E-state index in [9.17, 15) is 4.79 Å². The van der Waals surface area contributed by atoms with Gasteiger partial charge in [-0.2, -0.15) is 0 Å². The van der Waals surface area contributed by atoms with Crippen LogP contribution >= 0.6 is 11.6 Å². The maximum atomic E-state index is 11.7. The SMILES string of the molecule is CC(C)=NOC(=O)C(C)Oc1ccc(Oc2ccc(Cl)cc2)cc1. The second kappa shape index (κ2) is 8.36. The van der Waals surface area contributed by atoms with Gasteiger partial charge in [0.05, 0.1) is 5.71 Å². The van der Waals surface area contributed by atoms with Gasteiger partial charge in [-0.1, -0.05) is 16.8 Å². The van der Waals surface area contributed by atoms with Gasteiger partial charge in [0.2, 0.25) is 0 Å². The van der Waals surface area contributed by atoms with Crippen LogP contribution in [0.4, 0.5) is 0 Å². The number of oxime groups is 1. The molecule has 0 radical (unpaired) electrons. The molecule has 0 aliphatic heterocycles. The number of carbonyl (C=O) groups is 1. The van der Waals surface area contributed by atoms with Crippen LogP contribution in [-0.2, 0) is 9.63 Å². The molecule has 2 rings (SSSR count). The van der Waals surface area contributed by atoms with Crippen LogP contribution in [-0.4, -0.2) is 17.8 Å². The summed E-state index contributed by atoms with van der Waals surface area (Å²) in [6.45, 7) is 5.07. The summed E-state index contributed by atoms with van der Waals surface area (Å²) >= 11 is 5.83. The number of benzene rings is 2. The van der Waals surface area contributed by atoms with Crippen molar-refractivity contribution < 1.29 is 19.1 Å². The molecule has 0 saturated heterocycles. The van der Waals surface area contributed by atoms with Crippen molar-refractivity contribution >= 4 is 23.3 Å². The quantitative estimate of drug-likeness (QED) is 0.426. The van der Waals surface area contributed by atoms with Gasteiger partial charge >= 0.3 is 5.97 Å². The first kappa shape index (κ1) is 17.8. The fourth-order valence-electron chi connectivity index (χ4n) is 1.69. The van der Waals surface area contributed by atoms with E-state index in [1.54, 1.807) is 69.3 Å². The highest BCUT2D eigenvalue weighted by atomic mass is 35.5. The summed E-state index contributed by atoms with van der Waals surface area (Å²) in [5, 5.41) is 4.26. The molecule has 0 bridgehead atoms. The molecule has 126 valence electrons. The maximum absolute atomic E-state index is 11.7. The molecule has 2 aromatic rings. The molecule has 0 saturated carbocycles. The van der Waals surface area contributed by atoms with E-state index in [1.807, 2.05) is 0 Å². The first-order chi connectivity index (χ1) is 11.4. The topological polar surface area (TPSA) is 57.1 Å². The Balaban J connectivity index is 1.92. The third kappa shape index (κ3) is 5.59. The molecule has 0 amide bonds. The predicted octanol–water partition coefficient (Wildman–Crippen LogP) is 4.84. The molecule has 0 aliphatic carbocycles. The fourth-order valence-corrected chi connectivity index (χ4v) is 1.81. The van der Waals surface area contributed by atoms with E-state index in [4.69, 9.17) is 25.9 Å². The Hall–Kier alpha value is -2.53. The molecule has 5 nitrogen and oxygen atoms in total. The van der Waals surface area contributed by atoms with Crippen molar-refractivity contribution in [2.75, 3.05) is 0 Å². The van der Waals surface area contributed by atoms with Crippen LogP contribution in [0, 0.1) is 0 Å². The van der Waals surface area contributed by atoms with Gasteiger partial charge in [-0.05, 0) is 69.3 Å². The van der Waals surface area contributed by atoms with Gasteiger partial charge in [0.25, 0.3) is 0 Å². The molecule has 0 fully saturated rings. The third-order valence-electron chi connectivity index (χ3n) is 2.84. The summed E-state index contributed by atoms with van der Waals surface area (Å²) < 4.78 is 11.2. The van der Waals surface area contributed by atoms with Gasteiger partial charge in [0.15, 0.2) is 6.10 Å². The Kier molecular flexibility index (Phi) is 6.21. The number of hydrogen-bond donors (Lipinski definition) is 0. The van der Waals surface area contributed by atoms with Gasteiger partial charge in [0.1, 0.15) is 17.2 Å². The number of halogens is 1. The van der Waals surface area contributed by atoms with Crippen molar-refractivity contribution in [3.05, 3.63) is 53.6 Å². The zero-order valence-corrected chi connectivity index (χ0v) is 14.4. The molecule has 0 heterocycles. The second-order valence-corrected chi connectivity index (χ2v) is 5.67. The van der Waals surface area contributed by atoms with Crippen molar-refractivity contribution in [3.8, 4) is 17.2 Å². The molecule has 0 aliphatic rings. The van der Waals surface area contributed by atoms with Crippen LogP contribution in [0.5, 0.6) is 17.2 Å². The fraction of sp³-hybridized carbons (Fsp3) is 0.222. The monoisotopic (exact) mass is 347 g/mol. The highest BCUT2D eigenvalue weighted by molar-refractivity contribution is 6.30. The van der Waals surface area contributed by atoms with Crippen LogP contribution in [0.1, 0.15) is 20.8 Å². The summed E-state index contributed by atoms with van der Waals surface area (Å²) in [6.07, 6.45) is -0.767. The molecule has 0 N–H and O–H groups in total. The van der Waals surface area contributed by atoms with Crippen LogP contribution in [0.15, 0.2) is 53.7 Å². The largest absolute Gasteiger partial charge is 0.479 e. The molecule has 0 spiro atoms. The summed E-state index contributed by atoms with van der Waals surface area (Å²) in [7, 11) is 0. The van der Waals surface area contributed by atoms with E-state index in [2.05, 4.69) is 5.16 Å². The summed E-state index contributed by atoms with van der Waals surface area (Å²) in [5.41, 5.74) is 0.652. The van der Waals surface area contributed by atoms with Crippen LogP contribution in [0.2, 0.25) is 5.02 Å². The minimum absolute atomic E-state index is 0.528. The second-order valence-electron chi connectivity index (χ2n) is 5.24. The van der Waals surface area contributed by atoms with Gasteiger partial charge in [0, 0.05) is 5.02 Å². The standard InChI is InChI=1S/C18H18ClNO4/c1-12(2)20-24-18(21)13(3)22-15-8-10-17(11-9-15)23-16-6-4-14(19)5-7-16/h4-11,13H,1-3H3. The molecule has 6 heteroatoms. The lowest BCUT2D eigenvalue weighted by Gasteiger charge is -2.12. The predicted molar refractivity (Wildman–Crippen MR) is 92.9 cm³/mol. The van der Waals surface area contributed by atoms with E-state index in [-0.39, 0.29) is 0 Å². The van der Waals surface area contributed by atoms with E-state index in [0.29, 0.717) is 28.0 Å². The Morgan fingerprint density at radius 2 is 1.46 bits per heavy atom. The minimum Gasteiger partial charge on any atom is -0.479 e.